The standard InChI is InChI=1S/C11H13F2NO3/c1-14-9(5-10(15)16)11(17)6-2-3-7(12)8(13)4-6/h2-4,9,11,14,17H,5H2,1H3,(H,15,16). The molecular formula is C11H13F2NO3. The lowest BCUT2D eigenvalue weighted by atomic mass is 10.00. The number of aliphatic hydroxyl groups excluding tert-OH is 1. The minimum absolute atomic E-state index is 0.129. The number of nitrogens with one attached hydrogen (secondary N) is 1. The van der Waals surface area contributed by atoms with Crippen molar-refractivity contribution in [1.29, 1.82) is 0 Å². The zero-order chi connectivity index (χ0) is 13.0. The predicted octanol–water partition coefficient (Wildman–Crippen LogP) is 1.06. The molecule has 6 heteroatoms. The molecule has 0 spiro atoms. The van der Waals surface area contributed by atoms with Gasteiger partial charge in [-0.1, -0.05) is 6.07 Å². The van der Waals surface area contributed by atoms with Crippen LogP contribution in [-0.2, 0) is 4.79 Å². The Labute approximate surface area is 96.9 Å². The summed E-state index contributed by atoms with van der Waals surface area (Å²) in [6, 6.07) is 2.19. The largest absolute Gasteiger partial charge is 0.481 e. The van der Waals surface area contributed by atoms with Gasteiger partial charge < -0.3 is 15.5 Å². The molecule has 3 N–H and O–H groups in total. The minimum atomic E-state index is -1.22. The molecule has 1 aromatic rings. The second-order valence-corrected chi connectivity index (χ2v) is 3.61. The zero-order valence-electron chi connectivity index (χ0n) is 9.15. The fraction of sp³-hybridized carbons (Fsp3) is 0.364. The average Bonchev–Trinajstić information content (AvgIpc) is 2.28. The minimum Gasteiger partial charge on any atom is -0.481 e. The molecule has 1 aromatic carbocycles. The lowest BCUT2D eigenvalue weighted by Crippen LogP contribution is -2.34. The first kappa shape index (κ1) is 13.5. The third-order valence-corrected chi connectivity index (χ3v) is 2.43. The molecule has 0 radical (unpaired) electrons. The molecule has 94 valence electrons. The molecule has 0 aliphatic rings. The van der Waals surface area contributed by atoms with E-state index in [9.17, 15) is 18.7 Å². The van der Waals surface area contributed by atoms with Gasteiger partial charge in [-0.3, -0.25) is 4.79 Å². The summed E-state index contributed by atoms with van der Waals surface area (Å²) < 4.78 is 25.6. The SMILES string of the molecule is CNC(CC(=O)O)C(O)c1ccc(F)c(F)c1. The second kappa shape index (κ2) is 5.70. The first-order chi connectivity index (χ1) is 7.95. The van der Waals surface area contributed by atoms with Crippen LogP contribution in [0.2, 0.25) is 0 Å². The van der Waals surface area contributed by atoms with Crippen LogP contribution in [0.5, 0.6) is 0 Å². The topological polar surface area (TPSA) is 69.6 Å². The summed E-state index contributed by atoms with van der Waals surface area (Å²) in [5, 5.41) is 21.1. The first-order valence-electron chi connectivity index (χ1n) is 4.97. The Morgan fingerprint density at radius 2 is 2.06 bits per heavy atom. The van der Waals surface area contributed by atoms with Crippen molar-refractivity contribution in [2.75, 3.05) is 7.05 Å². The van der Waals surface area contributed by atoms with Gasteiger partial charge in [-0.15, -0.1) is 0 Å². The maximum absolute atomic E-state index is 12.9. The van der Waals surface area contributed by atoms with Gasteiger partial charge in [0.25, 0.3) is 0 Å². The number of likely N-dealkylation sites (N-methyl/N-ethyl adjacent to an activating group) is 1. The van der Waals surface area contributed by atoms with Crippen LogP contribution in [-0.4, -0.2) is 29.3 Å². The van der Waals surface area contributed by atoms with Crippen molar-refractivity contribution in [2.24, 2.45) is 0 Å². The number of aliphatic carboxylic acids is 1. The molecule has 0 bridgehead atoms. The van der Waals surface area contributed by atoms with Crippen LogP contribution in [0.4, 0.5) is 8.78 Å². The van der Waals surface area contributed by atoms with Gasteiger partial charge in [-0.05, 0) is 24.7 Å². The summed E-state index contributed by atoms with van der Waals surface area (Å²) in [5.41, 5.74) is 0.129. The maximum Gasteiger partial charge on any atom is 0.305 e. The number of hydrogen-bond donors (Lipinski definition) is 3. The van der Waals surface area contributed by atoms with Crippen molar-refractivity contribution in [3.8, 4) is 0 Å². The van der Waals surface area contributed by atoms with Crippen molar-refractivity contribution in [3.05, 3.63) is 35.4 Å². The average molecular weight is 245 g/mol. The van der Waals surface area contributed by atoms with Crippen LogP contribution >= 0.6 is 0 Å². The van der Waals surface area contributed by atoms with E-state index in [4.69, 9.17) is 5.11 Å². The van der Waals surface area contributed by atoms with Gasteiger partial charge in [0, 0.05) is 6.04 Å². The molecule has 2 unspecified atom stereocenters. The molecule has 0 heterocycles. The third kappa shape index (κ3) is 3.47. The van der Waals surface area contributed by atoms with Gasteiger partial charge in [0.15, 0.2) is 11.6 Å². The lowest BCUT2D eigenvalue weighted by molar-refractivity contribution is -0.138. The Kier molecular flexibility index (Phi) is 4.53. The number of carbonyl (C=O) groups is 1. The van der Waals surface area contributed by atoms with Crippen LogP contribution in [0.1, 0.15) is 18.1 Å². The van der Waals surface area contributed by atoms with Crippen LogP contribution in [0.15, 0.2) is 18.2 Å². The number of aliphatic hydroxyl groups is 1. The summed E-state index contributed by atoms with van der Waals surface area (Å²) in [5.74, 6) is -3.18. The molecule has 0 aliphatic carbocycles. The van der Waals surface area contributed by atoms with Gasteiger partial charge in [0.1, 0.15) is 0 Å². The Hall–Kier alpha value is -1.53. The molecule has 2 atom stereocenters. The van der Waals surface area contributed by atoms with E-state index in [0.717, 1.165) is 12.1 Å². The fourth-order valence-electron chi connectivity index (χ4n) is 1.49. The van der Waals surface area contributed by atoms with E-state index in [-0.39, 0.29) is 12.0 Å². The second-order valence-electron chi connectivity index (χ2n) is 3.61. The molecule has 17 heavy (non-hydrogen) atoms. The van der Waals surface area contributed by atoms with E-state index in [0.29, 0.717) is 0 Å². The quantitative estimate of drug-likeness (QED) is 0.725. The summed E-state index contributed by atoms with van der Waals surface area (Å²) in [7, 11) is 1.48. The van der Waals surface area contributed by atoms with Crippen molar-refractivity contribution < 1.29 is 23.8 Å². The highest BCUT2D eigenvalue weighted by Gasteiger charge is 2.22. The number of carboxylic acid groups (broad SMARTS) is 1. The van der Waals surface area contributed by atoms with Gasteiger partial charge in [0.2, 0.25) is 0 Å². The normalized spacial score (nSPS) is 14.4. The molecule has 0 saturated carbocycles. The Bertz CT molecular complexity index is 412. The highest BCUT2D eigenvalue weighted by atomic mass is 19.2. The number of carboxylic acids is 1. The molecule has 0 fully saturated rings. The molecule has 1 rings (SSSR count). The van der Waals surface area contributed by atoms with E-state index < -0.39 is 29.7 Å². The Morgan fingerprint density at radius 1 is 1.41 bits per heavy atom. The molecule has 0 saturated heterocycles. The third-order valence-electron chi connectivity index (χ3n) is 2.43. The molecule has 0 amide bonds. The van der Waals surface area contributed by atoms with Crippen LogP contribution in [0, 0.1) is 11.6 Å². The first-order valence-corrected chi connectivity index (χ1v) is 4.97. The Balaban J connectivity index is 2.89. The smallest absolute Gasteiger partial charge is 0.305 e. The van der Waals surface area contributed by atoms with Crippen molar-refractivity contribution in [1.82, 2.24) is 5.32 Å². The highest BCUT2D eigenvalue weighted by molar-refractivity contribution is 5.67. The van der Waals surface area contributed by atoms with Crippen molar-refractivity contribution in [3.63, 3.8) is 0 Å². The maximum atomic E-state index is 12.9. The molecule has 0 aliphatic heterocycles. The van der Waals surface area contributed by atoms with Crippen LogP contribution in [0.3, 0.4) is 0 Å². The van der Waals surface area contributed by atoms with Gasteiger partial charge in [-0.25, -0.2) is 8.78 Å². The number of benzene rings is 1. The summed E-state index contributed by atoms with van der Waals surface area (Å²) in [6.45, 7) is 0. The summed E-state index contributed by atoms with van der Waals surface area (Å²) in [6.07, 6.45) is -1.54. The van der Waals surface area contributed by atoms with E-state index in [1.54, 1.807) is 0 Å². The lowest BCUT2D eigenvalue weighted by Gasteiger charge is -2.21. The van der Waals surface area contributed by atoms with E-state index in [1.807, 2.05) is 0 Å². The molecular weight excluding hydrogens is 232 g/mol. The van der Waals surface area contributed by atoms with Gasteiger partial charge >= 0.3 is 5.97 Å². The van der Waals surface area contributed by atoms with Crippen molar-refractivity contribution >= 4 is 5.97 Å². The van der Waals surface area contributed by atoms with Crippen molar-refractivity contribution in [2.45, 2.75) is 18.6 Å². The van der Waals surface area contributed by atoms with E-state index >= 15 is 0 Å². The predicted molar refractivity (Wildman–Crippen MR) is 56.4 cm³/mol. The zero-order valence-corrected chi connectivity index (χ0v) is 9.15. The summed E-state index contributed by atoms with van der Waals surface area (Å²) in [4.78, 5) is 10.5. The van der Waals surface area contributed by atoms with Gasteiger partial charge in [0.05, 0.1) is 12.5 Å². The van der Waals surface area contributed by atoms with E-state index in [2.05, 4.69) is 5.32 Å². The number of rotatable bonds is 5. The molecule has 4 nitrogen and oxygen atoms in total. The number of halogens is 2. The van der Waals surface area contributed by atoms with Crippen LogP contribution < -0.4 is 5.32 Å². The fourth-order valence-corrected chi connectivity index (χ4v) is 1.49. The van der Waals surface area contributed by atoms with E-state index in [1.165, 1.54) is 13.1 Å². The Morgan fingerprint density at radius 3 is 2.53 bits per heavy atom. The monoisotopic (exact) mass is 245 g/mol. The molecule has 0 aromatic heterocycles. The van der Waals surface area contributed by atoms with Crippen LogP contribution in [0.25, 0.3) is 0 Å². The number of hydrogen-bond acceptors (Lipinski definition) is 3. The highest BCUT2D eigenvalue weighted by Crippen LogP contribution is 2.20. The summed E-state index contributed by atoms with van der Waals surface area (Å²) >= 11 is 0. The van der Waals surface area contributed by atoms with Gasteiger partial charge in [-0.2, -0.15) is 0 Å².